The third-order valence-electron chi connectivity index (χ3n) is 6.29. The first-order valence-electron chi connectivity index (χ1n) is 12.4. The number of carbonyl (C=O) groups is 1. The summed E-state index contributed by atoms with van der Waals surface area (Å²) in [5, 5.41) is 3.99. The van der Waals surface area contributed by atoms with Crippen molar-refractivity contribution in [3.63, 3.8) is 0 Å². The van der Waals surface area contributed by atoms with Crippen LogP contribution in [0.15, 0.2) is 48.5 Å². The van der Waals surface area contributed by atoms with Crippen molar-refractivity contribution < 1.29 is 18.0 Å². The van der Waals surface area contributed by atoms with Gasteiger partial charge < -0.3 is 11.1 Å². The highest BCUT2D eigenvalue weighted by molar-refractivity contribution is 5.91. The number of hydrogen-bond donors (Lipinski definition) is 2. The first kappa shape index (κ1) is 28.3. The fourth-order valence-electron chi connectivity index (χ4n) is 4.18. The monoisotopic (exact) mass is 516 g/mol. The van der Waals surface area contributed by atoms with Crippen LogP contribution in [0.1, 0.15) is 37.7 Å². The van der Waals surface area contributed by atoms with Gasteiger partial charge in [0.2, 0.25) is 5.91 Å². The number of carbonyl (C=O) groups excluding carboxylic acids is 1. The molecule has 0 radical (unpaired) electrons. The maximum absolute atomic E-state index is 13.4. The number of halogens is 3. The summed E-state index contributed by atoms with van der Waals surface area (Å²) in [5.74, 6) is 0.634. The molecule has 200 valence electrons. The number of rotatable bonds is 12. The van der Waals surface area contributed by atoms with E-state index in [1.54, 1.807) is 6.07 Å². The third kappa shape index (κ3) is 7.62. The van der Waals surface area contributed by atoms with E-state index in [9.17, 15) is 18.0 Å². The summed E-state index contributed by atoms with van der Waals surface area (Å²) in [7, 11) is 1.92. The molecule has 0 fully saturated rings. The molecule has 3 N–H and O–H groups in total. The molecule has 0 aliphatic carbocycles. The van der Waals surface area contributed by atoms with Gasteiger partial charge in [-0.2, -0.15) is 13.2 Å². The second-order valence-electron chi connectivity index (χ2n) is 9.54. The van der Waals surface area contributed by atoms with E-state index in [4.69, 9.17) is 5.73 Å². The van der Waals surface area contributed by atoms with Crippen LogP contribution in [-0.2, 0) is 24.1 Å². The highest BCUT2D eigenvalue weighted by Gasteiger charge is 2.33. The molecule has 37 heavy (non-hydrogen) atoms. The molecule has 0 spiro atoms. The molecule has 1 heterocycles. The van der Waals surface area contributed by atoms with E-state index < -0.39 is 23.7 Å². The Morgan fingerprint density at radius 2 is 1.70 bits per heavy atom. The number of nitrogens with one attached hydrogen (secondary N) is 1. The summed E-state index contributed by atoms with van der Waals surface area (Å²) in [5.41, 5.74) is 6.01. The number of hydrogen-bond acceptors (Lipinski definition) is 6. The minimum atomic E-state index is -4.38. The van der Waals surface area contributed by atoms with Gasteiger partial charge in [0.15, 0.2) is 0 Å². The number of para-hydroxylation sites is 1. The summed E-state index contributed by atoms with van der Waals surface area (Å²) in [6.45, 7) is 8.20. The van der Waals surface area contributed by atoms with Crippen LogP contribution in [-0.4, -0.2) is 58.4 Å². The second kappa shape index (κ2) is 12.3. The molecular formula is C27H35F3N6O. The summed E-state index contributed by atoms with van der Waals surface area (Å²) in [6.07, 6.45) is -4.38. The maximum Gasteiger partial charge on any atom is 0.416 e. The lowest BCUT2D eigenvalue weighted by atomic mass is 10.0. The Morgan fingerprint density at radius 3 is 2.35 bits per heavy atom. The molecule has 1 atom stereocenters. The molecule has 3 aromatic rings. The zero-order valence-electron chi connectivity index (χ0n) is 21.7. The zero-order valence-corrected chi connectivity index (χ0v) is 21.7. The fraction of sp³-hybridized carbons (Fsp3) is 0.444. The van der Waals surface area contributed by atoms with E-state index in [1.807, 2.05) is 61.9 Å². The van der Waals surface area contributed by atoms with Crippen molar-refractivity contribution in [1.29, 1.82) is 0 Å². The van der Waals surface area contributed by atoms with E-state index in [0.717, 1.165) is 17.0 Å². The molecule has 7 nitrogen and oxygen atoms in total. The lowest BCUT2D eigenvalue weighted by molar-refractivity contribution is -0.138. The zero-order chi connectivity index (χ0) is 27.2. The van der Waals surface area contributed by atoms with Crippen molar-refractivity contribution in [2.75, 3.05) is 32.0 Å². The first-order valence-corrected chi connectivity index (χ1v) is 12.4. The Morgan fingerprint density at radius 1 is 1.03 bits per heavy atom. The molecule has 2 aromatic carbocycles. The maximum atomic E-state index is 13.4. The molecule has 1 amide bonds. The smallest absolute Gasteiger partial charge is 0.368 e. The number of primary amides is 1. The molecule has 0 saturated heterocycles. The number of aromatic nitrogens is 2. The van der Waals surface area contributed by atoms with Crippen molar-refractivity contribution in [3.05, 3.63) is 65.5 Å². The van der Waals surface area contributed by atoms with Gasteiger partial charge in [-0.15, -0.1) is 0 Å². The van der Waals surface area contributed by atoms with Gasteiger partial charge in [0.05, 0.1) is 17.6 Å². The number of benzene rings is 2. The van der Waals surface area contributed by atoms with Crippen LogP contribution in [0.3, 0.4) is 0 Å². The molecule has 0 aliphatic heterocycles. The number of alkyl halides is 3. The normalized spacial score (nSPS) is 13.0. The van der Waals surface area contributed by atoms with Gasteiger partial charge in [0, 0.05) is 25.0 Å². The topological polar surface area (TPSA) is 87.4 Å². The van der Waals surface area contributed by atoms with E-state index in [-0.39, 0.29) is 18.0 Å². The number of nitrogens with two attached hydrogens (primary N) is 1. The molecule has 1 aromatic heterocycles. The van der Waals surface area contributed by atoms with E-state index >= 15 is 0 Å². The lowest BCUT2D eigenvalue weighted by Crippen LogP contribution is -2.40. The largest absolute Gasteiger partial charge is 0.416 e. The van der Waals surface area contributed by atoms with Crippen LogP contribution in [0, 0.1) is 5.92 Å². The Hall–Kier alpha value is -3.24. The number of fused-ring (bicyclic) bond motifs is 1. The molecule has 0 aliphatic rings. The summed E-state index contributed by atoms with van der Waals surface area (Å²) < 4.78 is 40.2. The Labute approximate surface area is 215 Å². The van der Waals surface area contributed by atoms with Gasteiger partial charge in [0.25, 0.3) is 0 Å². The summed E-state index contributed by atoms with van der Waals surface area (Å²) in [6, 6.07) is 12.7. The molecule has 0 bridgehead atoms. The SMILES string of the molecule is CCN(CCN(C)Cc1nc(N[C@H](C(N)=O)C(C)C)c2ccccc2n1)Cc1ccccc1C(F)(F)F. The van der Waals surface area contributed by atoms with Crippen molar-refractivity contribution in [2.24, 2.45) is 11.7 Å². The Bertz CT molecular complexity index is 1200. The predicted molar refractivity (Wildman–Crippen MR) is 140 cm³/mol. The third-order valence-corrected chi connectivity index (χ3v) is 6.29. The van der Waals surface area contributed by atoms with Crippen molar-refractivity contribution >= 4 is 22.6 Å². The average Bonchev–Trinajstić information content (AvgIpc) is 2.84. The van der Waals surface area contributed by atoms with E-state index in [0.29, 0.717) is 37.8 Å². The van der Waals surface area contributed by atoms with E-state index in [2.05, 4.69) is 15.3 Å². The number of likely N-dealkylation sites (N-methyl/N-ethyl adjacent to an activating group) is 2. The van der Waals surface area contributed by atoms with Gasteiger partial charge in [-0.05, 0) is 43.3 Å². The lowest BCUT2D eigenvalue weighted by Gasteiger charge is -2.25. The minimum absolute atomic E-state index is 0.0279. The van der Waals surface area contributed by atoms with Crippen LogP contribution in [0.4, 0.5) is 19.0 Å². The Kier molecular flexibility index (Phi) is 9.45. The van der Waals surface area contributed by atoms with Crippen molar-refractivity contribution in [2.45, 2.75) is 46.1 Å². The van der Waals surface area contributed by atoms with Crippen LogP contribution >= 0.6 is 0 Å². The van der Waals surface area contributed by atoms with Gasteiger partial charge in [-0.1, -0.05) is 51.1 Å². The van der Waals surface area contributed by atoms with Gasteiger partial charge in [-0.3, -0.25) is 14.6 Å². The van der Waals surface area contributed by atoms with Gasteiger partial charge >= 0.3 is 6.18 Å². The molecule has 3 rings (SSSR count). The average molecular weight is 517 g/mol. The molecular weight excluding hydrogens is 481 g/mol. The first-order chi connectivity index (χ1) is 17.5. The van der Waals surface area contributed by atoms with Gasteiger partial charge in [-0.25, -0.2) is 9.97 Å². The predicted octanol–water partition coefficient (Wildman–Crippen LogP) is 4.52. The molecule has 0 unspecified atom stereocenters. The van der Waals surface area contributed by atoms with Crippen LogP contribution in [0.5, 0.6) is 0 Å². The number of anilines is 1. The highest BCUT2D eigenvalue weighted by Crippen LogP contribution is 2.32. The van der Waals surface area contributed by atoms with Crippen molar-refractivity contribution in [3.8, 4) is 0 Å². The fourth-order valence-corrected chi connectivity index (χ4v) is 4.18. The van der Waals surface area contributed by atoms with Crippen LogP contribution in [0.2, 0.25) is 0 Å². The summed E-state index contributed by atoms with van der Waals surface area (Å²) in [4.78, 5) is 25.3. The van der Waals surface area contributed by atoms with Crippen LogP contribution < -0.4 is 11.1 Å². The quantitative estimate of drug-likeness (QED) is 0.368. The van der Waals surface area contributed by atoms with Crippen molar-refractivity contribution in [1.82, 2.24) is 19.8 Å². The van der Waals surface area contributed by atoms with E-state index in [1.165, 1.54) is 12.1 Å². The second-order valence-corrected chi connectivity index (χ2v) is 9.54. The summed E-state index contributed by atoms with van der Waals surface area (Å²) >= 11 is 0. The number of nitrogens with zero attached hydrogens (tertiary/aromatic N) is 4. The number of amides is 1. The van der Waals surface area contributed by atoms with Crippen LogP contribution in [0.25, 0.3) is 10.9 Å². The Balaban J connectivity index is 1.72. The highest BCUT2D eigenvalue weighted by atomic mass is 19.4. The standard InChI is InChI=1S/C27H35F3N6O/c1-5-36(16-19-10-6-8-12-21(19)27(28,29)30)15-14-35(4)17-23-32-22-13-9-7-11-20(22)26(33-23)34-24(18(2)3)25(31)37/h6-13,18,24H,5,14-17H2,1-4H3,(H2,31,37)(H,32,33,34)/t24-/m0/s1. The van der Waals surface area contributed by atoms with Gasteiger partial charge in [0.1, 0.15) is 17.7 Å². The molecule has 10 heteroatoms. The minimum Gasteiger partial charge on any atom is -0.368 e. The molecule has 0 saturated carbocycles.